The number of aliphatic imine (C=N–C) groups is 1. The van der Waals surface area contributed by atoms with Gasteiger partial charge in [0.1, 0.15) is 5.92 Å². The van der Waals surface area contributed by atoms with E-state index in [1.54, 1.807) is 18.2 Å². The second-order valence-corrected chi connectivity index (χ2v) is 5.28. The van der Waals surface area contributed by atoms with Crippen molar-refractivity contribution in [2.24, 2.45) is 10.9 Å². The molecule has 5 heteroatoms. The minimum Gasteiger partial charge on any atom is -0.346 e. The van der Waals surface area contributed by atoms with Crippen LogP contribution in [0.25, 0.3) is 0 Å². The number of hydrogen-bond donors (Lipinski definition) is 0. The smallest absolute Gasteiger partial charge is 0.185 e. The second kappa shape index (κ2) is 7.64. The van der Waals surface area contributed by atoms with Crippen LogP contribution in [0.15, 0.2) is 59.6 Å². The van der Waals surface area contributed by atoms with Gasteiger partial charge >= 0.3 is 0 Å². The van der Waals surface area contributed by atoms with Crippen LogP contribution in [0.3, 0.4) is 0 Å². The summed E-state index contributed by atoms with van der Waals surface area (Å²) in [4.78, 5) is 16.8. The van der Waals surface area contributed by atoms with E-state index in [9.17, 15) is 10.1 Å². The number of nitriles is 1. The lowest BCUT2D eigenvalue weighted by molar-refractivity contribution is -0.0441. The lowest BCUT2D eigenvalue weighted by Crippen LogP contribution is -2.15. The minimum atomic E-state index is -0.939. The van der Waals surface area contributed by atoms with Crippen molar-refractivity contribution >= 4 is 17.7 Å². The zero-order valence-corrected chi connectivity index (χ0v) is 13.0. The minimum absolute atomic E-state index is 0.294. The van der Waals surface area contributed by atoms with Gasteiger partial charge in [-0.1, -0.05) is 36.4 Å². The molecule has 0 saturated carbocycles. The van der Waals surface area contributed by atoms with Gasteiger partial charge in [-0.2, -0.15) is 5.26 Å². The number of para-hydroxylation sites is 1. The molecule has 3 rings (SSSR count). The monoisotopic (exact) mass is 320 g/mol. The highest BCUT2D eigenvalue weighted by molar-refractivity contribution is 6.08. The lowest BCUT2D eigenvalue weighted by atomic mass is 9.98. The quantitative estimate of drug-likeness (QED) is 0.625. The van der Waals surface area contributed by atoms with Crippen LogP contribution >= 0.6 is 0 Å². The molecule has 1 aliphatic heterocycles. The van der Waals surface area contributed by atoms with Crippen LogP contribution in [-0.2, 0) is 9.47 Å². The van der Waals surface area contributed by atoms with Crippen LogP contribution < -0.4 is 0 Å². The van der Waals surface area contributed by atoms with E-state index >= 15 is 0 Å². The summed E-state index contributed by atoms with van der Waals surface area (Å²) < 4.78 is 10.9. The molecule has 1 unspecified atom stereocenters. The number of carbonyl (C=O) groups excluding carboxylic acids is 1. The maximum Gasteiger partial charge on any atom is 0.185 e. The first-order valence-electron chi connectivity index (χ1n) is 7.64. The van der Waals surface area contributed by atoms with Gasteiger partial charge in [0, 0.05) is 17.3 Å². The number of benzene rings is 2. The van der Waals surface area contributed by atoms with Crippen molar-refractivity contribution < 1.29 is 14.3 Å². The number of ether oxygens (including phenoxy) is 2. The number of ketones is 1. The van der Waals surface area contributed by atoms with Crippen molar-refractivity contribution in [2.45, 2.75) is 6.29 Å². The molecule has 24 heavy (non-hydrogen) atoms. The summed E-state index contributed by atoms with van der Waals surface area (Å²) in [5.74, 6) is -1.23. The first-order valence-corrected chi connectivity index (χ1v) is 7.64. The van der Waals surface area contributed by atoms with Crippen LogP contribution in [0.2, 0.25) is 0 Å². The molecule has 5 nitrogen and oxygen atoms in total. The van der Waals surface area contributed by atoms with E-state index in [-0.39, 0.29) is 5.78 Å². The van der Waals surface area contributed by atoms with Crippen molar-refractivity contribution in [3.8, 4) is 6.07 Å². The first kappa shape index (κ1) is 16.1. The largest absolute Gasteiger partial charge is 0.346 e. The highest BCUT2D eigenvalue weighted by Gasteiger charge is 2.22. The number of rotatable bonds is 5. The summed E-state index contributed by atoms with van der Waals surface area (Å²) in [6.45, 7) is 1.07. The Morgan fingerprint density at radius 2 is 1.92 bits per heavy atom. The summed E-state index contributed by atoms with van der Waals surface area (Å²) in [6, 6.07) is 18.2. The van der Waals surface area contributed by atoms with Crippen LogP contribution in [0.1, 0.15) is 22.2 Å². The third kappa shape index (κ3) is 3.74. The van der Waals surface area contributed by atoms with Crippen molar-refractivity contribution in [1.82, 2.24) is 0 Å². The fourth-order valence-corrected chi connectivity index (χ4v) is 2.40. The maximum atomic E-state index is 12.6. The van der Waals surface area contributed by atoms with Crippen molar-refractivity contribution in [2.75, 3.05) is 13.2 Å². The third-order valence-electron chi connectivity index (χ3n) is 3.62. The Balaban J connectivity index is 1.78. The summed E-state index contributed by atoms with van der Waals surface area (Å²) >= 11 is 0. The van der Waals surface area contributed by atoms with Gasteiger partial charge in [-0.3, -0.25) is 9.79 Å². The molecule has 0 N–H and O–H groups in total. The second-order valence-electron chi connectivity index (χ2n) is 5.28. The van der Waals surface area contributed by atoms with Gasteiger partial charge in [0.25, 0.3) is 0 Å². The topological polar surface area (TPSA) is 71.7 Å². The average molecular weight is 320 g/mol. The molecule has 0 aliphatic carbocycles. The first-order chi connectivity index (χ1) is 11.8. The lowest BCUT2D eigenvalue weighted by Gasteiger charge is -2.11. The fourth-order valence-electron chi connectivity index (χ4n) is 2.40. The highest BCUT2D eigenvalue weighted by Crippen LogP contribution is 2.24. The summed E-state index contributed by atoms with van der Waals surface area (Å²) in [6.07, 6.45) is 0.934. The third-order valence-corrected chi connectivity index (χ3v) is 3.62. The Morgan fingerprint density at radius 3 is 2.62 bits per heavy atom. The van der Waals surface area contributed by atoms with Gasteiger partial charge in [0.2, 0.25) is 0 Å². The van der Waals surface area contributed by atoms with Gasteiger partial charge in [0.15, 0.2) is 12.1 Å². The van der Waals surface area contributed by atoms with Gasteiger partial charge in [-0.05, 0) is 18.2 Å². The van der Waals surface area contributed by atoms with E-state index in [0.717, 1.165) is 5.56 Å². The highest BCUT2D eigenvalue weighted by atomic mass is 16.7. The Hall–Kier alpha value is -2.81. The van der Waals surface area contributed by atoms with Crippen molar-refractivity contribution in [3.05, 3.63) is 65.7 Å². The molecule has 0 amide bonds. The maximum absolute atomic E-state index is 12.6. The summed E-state index contributed by atoms with van der Waals surface area (Å²) in [5, 5.41) is 9.31. The van der Waals surface area contributed by atoms with E-state index in [2.05, 4.69) is 4.99 Å². The molecule has 1 heterocycles. The molecule has 1 saturated heterocycles. The van der Waals surface area contributed by atoms with E-state index in [1.807, 2.05) is 42.5 Å². The zero-order chi connectivity index (χ0) is 16.8. The van der Waals surface area contributed by atoms with Crippen molar-refractivity contribution in [1.29, 1.82) is 5.26 Å². The van der Waals surface area contributed by atoms with Gasteiger partial charge in [-0.15, -0.1) is 0 Å². The van der Waals surface area contributed by atoms with Crippen molar-refractivity contribution in [3.63, 3.8) is 0 Å². The standard InChI is InChI=1S/C19H16N2O3/c20-12-16(13-21-17-7-2-1-3-8-17)18(22)14-5-4-6-15(11-14)19-23-9-10-24-19/h1-8,11,13,16,19H,9-10H2. The number of nitrogens with zero attached hydrogens (tertiary/aromatic N) is 2. The fraction of sp³-hybridized carbons (Fsp3) is 0.211. The molecule has 1 fully saturated rings. The number of hydrogen-bond acceptors (Lipinski definition) is 5. The van der Waals surface area contributed by atoms with E-state index in [4.69, 9.17) is 9.47 Å². The SMILES string of the molecule is N#CC(C=Nc1ccccc1)C(=O)c1cccc(C2OCCO2)c1. The molecule has 1 atom stereocenters. The average Bonchev–Trinajstić information content (AvgIpc) is 3.18. The van der Waals surface area contributed by atoms with Gasteiger partial charge < -0.3 is 9.47 Å². The Morgan fingerprint density at radius 1 is 1.17 bits per heavy atom. The van der Waals surface area contributed by atoms with Gasteiger partial charge in [0.05, 0.1) is 25.0 Å². The molecular formula is C19H16N2O3. The van der Waals surface area contributed by atoms with Crippen LogP contribution in [0.4, 0.5) is 5.69 Å². The summed E-state index contributed by atoms with van der Waals surface area (Å²) in [7, 11) is 0. The van der Waals surface area contributed by atoms with E-state index < -0.39 is 12.2 Å². The molecule has 120 valence electrons. The van der Waals surface area contributed by atoms with Crippen LogP contribution in [0.5, 0.6) is 0 Å². The Labute approximate surface area is 140 Å². The van der Waals surface area contributed by atoms with E-state index in [0.29, 0.717) is 24.5 Å². The molecule has 0 spiro atoms. The predicted octanol–water partition coefficient (Wildman–Crippen LogP) is 3.46. The Kier molecular flexibility index (Phi) is 5.12. The molecular weight excluding hydrogens is 304 g/mol. The summed E-state index contributed by atoms with van der Waals surface area (Å²) in [5.41, 5.74) is 1.92. The van der Waals surface area contributed by atoms with E-state index in [1.165, 1.54) is 6.21 Å². The Bertz CT molecular complexity index is 775. The van der Waals surface area contributed by atoms with Crippen LogP contribution in [-0.4, -0.2) is 25.2 Å². The number of carbonyl (C=O) groups is 1. The zero-order valence-electron chi connectivity index (χ0n) is 13.0. The normalized spacial score (nSPS) is 16.1. The molecule has 0 radical (unpaired) electrons. The molecule has 2 aromatic carbocycles. The molecule has 2 aromatic rings. The molecule has 1 aliphatic rings. The molecule has 0 aromatic heterocycles. The number of Topliss-reactive ketones (excluding diaryl/α,β-unsaturated/α-hetero) is 1. The molecule has 0 bridgehead atoms. The van der Waals surface area contributed by atoms with Crippen LogP contribution in [0, 0.1) is 17.2 Å². The van der Waals surface area contributed by atoms with Gasteiger partial charge in [-0.25, -0.2) is 0 Å². The predicted molar refractivity (Wildman–Crippen MR) is 89.1 cm³/mol.